The van der Waals surface area contributed by atoms with Gasteiger partial charge < -0.3 is 10.6 Å². The number of carbonyl (C=O) groups is 2. The predicted octanol–water partition coefficient (Wildman–Crippen LogP) is 2.61. The largest absolute Gasteiger partial charge is 0.355 e. The van der Waals surface area contributed by atoms with E-state index in [0.29, 0.717) is 23.9 Å². The Morgan fingerprint density at radius 1 is 1.04 bits per heavy atom. The van der Waals surface area contributed by atoms with Crippen molar-refractivity contribution in [3.05, 3.63) is 22.8 Å². The summed E-state index contributed by atoms with van der Waals surface area (Å²) in [6.45, 7) is 4.46. The number of amides is 2. The fourth-order valence-electron chi connectivity index (χ4n) is 3.67. The second kappa shape index (κ2) is 8.33. The van der Waals surface area contributed by atoms with E-state index in [9.17, 15) is 9.59 Å². The van der Waals surface area contributed by atoms with E-state index >= 15 is 0 Å². The molecule has 0 spiro atoms. The van der Waals surface area contributed by atoms with Gasteiger partial charge in [0, 0.05) is 18.5 Å². The van der Waals surface area contributed by atoms with Crippen molar-refractivity contribution in [1.82, 2.24) is 20.6 Å². The van der Waals surface area contributed by atoms with Crippen molar-refractivity contribution in [2.75, 3.05) is 12.4 Å². The van der Waals surface area contributed by atoms with Crippen LogP contribution in [0.15, 0.2) is 0 Å². The summed E-state index contributed by atoms with van der Waals surface area (Å²) in [5, 5.41) is 5.99. The summed E-state index contributed by atoms with van der Waals surface area (Å²) >= 11 is 5.49. The second-order valence-corrected chi connectivity index (χ2v) is 7.80. The van der Waals surface area contributed by atoms with Crippen molar-refractivity contribution in [3.63, 3.8) is 0 Å². The van der Waals surface area contributed by atoms with Crippen molar-refractivity contribution in [3.8, 4) is 0 Å². The minimum absolute atomic E-state index is 0.00567. The zero-order valence-electron chi connectivity index (χ0n) is 15.5. The zero-order chi connectivity index (χ0) is 18.7. The molecular formula is C19H27ClN4O2. The number of rotatable bonds is 6. The molecule has 0 aromatic carbocycles. The quantitative estimate of drug-likeness (QED) is 0.745. The molecule has 2 amide bonds. The molecule has 0 atom stereocenters. The van der Waals surface area contributed by atoms with Crippen LogP contribution < -0.4 is 10.6 Å². The SMILES string of the molecule is Cc1nc(C2CC2)nc(C)c1C(=O)NC1CCC(CNC(=O)CCl)CC1. The molecule has 0 bridgehead atoms. The van der Waals surface area contributed by atoms with Crippen LogP contribution in [0.25, 0.3) is 0 Å². The average molecular weight is 379 g/mol. The molecule has 0 radical (unpaired) electrons. The van der Waals surface area contributed by atoms with Gasteiger partial charge in [-0.15, -0.1) is 11.6 Å². The Labute approximate surface area is 159 Å². The van der Waals surface area contributed by atoms with Crippen LogP contribution in [0.2, 0.25) is 0 Å². The summed E-state index contributed by atoms with van der Waals surface area (Å²) in [7, 11) is 0. The van der Waals surface area contributed by atoms with E-state index in [1.807, 2.05) is 13.8 Å². The van der Waals surface area contributed by atoms with Crippen molar-refractivity contribution >= 4 is 23.4 Å². The molecule has 6 nitrogen and oxygen atoms in total. The summed E-state index contributed by atoms with van der Waals surface area (Å²) in [6.07, 6.45) is 6.13. The van der Waals surface area contributed by atoms with Gasteiger partial charge >= 0.3 is 0 Å². The molecule has 1 heterocycles. The van der Waals surface area contributed by atoms with Crippen molar-refractivity contribution in [1.29, 1.82) is 0 Å². The lowest BCUT2D eigenvalue weighted by atomic mass is 9.86. The fourth-order valence-corrected chi connectivity index (χ4v) is 3.76. The lowest BCUT2D eigenvalue weighted by Crippen LogP contribution is -2.40. The zero-order valence-corrected chi connectivity index (χ0v) is 16.2. The standard InChI is InChI=1S/C19H27ClN4O2/c1-11-17(12(2)23-18(22-11)14-5-6-14)19(26)24-15-7-3-13(4-8-15)10-21-16(25)9-20/h13-15H,3-10H2,1-2H3,(H,21,25)(H,24,26). The van der Waals surface area contributed by atoms with Gasteiger partial charge in [-0.3, -0.25) is 9.59 Å². The molecule has 2 N–H and O–H groups in total. The van der Waals surface area contributed by atoms with Crippen LogP contribution in [0.4, 0.5) is 0 Å². The number of aryl methyl sites for hydroxylation is 2. The van der Waals surface area contributed by atoms with Crippen LogP contribution in [0.3, 0.4) is 0 Å². The predicted molar refractivity (Wildman–Crippen MR) is 100 cm³/mol. The van der Waals surface area contributed by atoms with E-state index in [2.05, 4.69) is 20.6 Å². The molecule has 2 aliphatic rings. The molecular weight excluding hydrogens is 352 g/mol. The first-order valence-electron chi connectivity index (χ1n) is 9.46. The molecule has 0 unspecified atom stereocenters. The number of hydrogen-bond acceptors (Lipinski definition) is 4. The van der Waals surface area contributed by atoms with Crippen LogP contribution in [0, 0.1) is 19.8 Å². The maximum absolute atomic E-state index is 12.7. The topological polar surface area (TPSA) is 84.0 Å². The Hall–Kier alpha value is -1.69. The molecule has 2 fully saturated rings. The second-order valence-electron chi connectivity index (χ2n) is 7.53. The summed E-state index contributed by atoms with van der Waals surface area (Å²) in [6, 6.07) is 0.171. The molecule has 1 aromatic rings. The molecule has 26 heavy (non-hydrogen) atoms. The summed E-state index contributed by atoms with van der Waals surface area (Å²) in [5.74, 6) is 1.64. The molecule has 3 rings (SSSR count). The molecule has 0 saturated heterocycles. The Balaban J connectivity index is 1.52. The lowest BCUT2D eigenvalue weighted by molar-refractivity contribution is -0.118. The summed E-state index contributed by atoms with van der Waals surface area (Å²) in [4.78, 5) is 33.1. The number of aromatic nitrogens is 2. The minimum Gasteiger partial charge on any atom is -0.355 e. The van der Waals surface area contributed by atoms with Gasteiger partial charge in [-0.25, -0.2) is 9.97 Å². The average Bonchev–Trinajstić information content (AvgIpc) is 3.45. The third-order valence-corrected chi connectivity index (χ3v) is 5.59. The smallest absolute Gasteiger partial charge is 0.255 e. The first-order chi connectivity index (χ1) is 12.5. The highest BCUT2D eigenvalue weighted by atomic mass is 35.5. The molecule has 142 valence electrons. The maximum Gasteiger partial charge on any atom is 0.255 e. The fraction of sp³-hybridized carbons (Fsp3) is 0.684. The Morgan fingerprint density at radius 3 is 2.19 bits per heavy atom. The normalized spacial score (nSPS) is 22.7. The van der Waals surface area contributed by atoms with Gasteiger partial charge in [-0.05, 0) is 58.3 Å². The number of halogens is 1. The van der Waals surface area contributed by atoms with Crippen LogP contribution in [-0.4, -0.2) is 40.2 Å². The molecule has 7 heteroatoms. The van der Waals surface area contributed by atoms with Crippen LogP contribution in [0.1, 0.15) is 72.0 Å². The highest BCUT2D eigenvalue weighted by Gasteiger charge is 2.29. The molecule has 1 aromatic heterocycles. The highest BCUT2D eigenvalue weighted by molar-refractivity contribution is 6.27. The van der Waals surface area contributed by atoms with Crippen LogP contribution in [-0.2, 0) is 4.79 Å². The highest BCUT2D eigenvalue weighted by Crippen LogP contribution is 2.38. The van der Waals surface area contributed by atoms with Gasteiger partial charge in [0.2, 0.25) is 5.91 Å². The van der Waals surface area contributed by atoms with Crippen LogP contribution in [0.5, 0.6) is 0 Å². The van der Waals surface area contributed by atoms with Gasteiger partial charge in [0.25, 0.3) is 5.91 Å². The lowest BCUT2D eigenvalue weighted by Gasteiger charge is -2.29. The summed E-state index contributed by atoms with van der Waals surface area (Å²) in [5.41, 5.74) is 2.16. The molecule has 2 aliphatic carbocycles. The van der Waals surface area contributed by atoms with Gasteiger partial charge in [0.1, 0.15) is 11.7 Å². The van der Waals surface area contributed by atoms with E-state index in [1.54, 1.807) is 0 Å². The summed E-state index contributed by atoms with van der Waals surface area (Å²) < 4.78 is 0. The number of hydrogen-bond donors (Lipinski definition) is 2. The Morgan fingerprint density at radius 2 is 1.65 bits per heavy atom. The molecule has 0 aliphatic heterocycles. The van der Waals surface area contributed by atoms with Gasteiger partial charge in [0.05, 0.1) is 17.0 Å². The van der Waals surface area contributed by atoms with Crippen molar-refractivity contribution in [2.24, 2.45) is 5.92 Å². The number of alkyl halides is 1. The first kappa shape index (κ1) is 19.1. The van der Waals surface area contributed by atoms with E-state index < -0.39 is 0 Å². The van der Waals surface area contributed by atoms with E-state index in [-0.39, 0.29) is 23.7 Å². The number of nitrogens with one attached hydrogen (secondary N) is 2. The Bertz CT molecular complexity index is 659. The van der Waals surface area contributed by atoms with E-state index in [0.717, 1.165) is 55.7 Å². The van der Waals surface area contributed by atoms with E-state index in [4.69, 9.17) is 11.6 Å². The van der Waals surface area contributed by atoms with Gasteiger partial charge in [0.15, 0.2) is 0 Å². The van der Waals surface area contributed by atoms with Gasteiger partial charge in [-0.1, -0.05) is 0 Å². The van der Waals surface area contributed by atoms with Crippen LogP contribution >= 0.6 is 11.6 Å². The first-order valence-corrected chi connectivity index (χ1v) is 10.00. The molecule has 2 saturated carbocycles. The minimum atomic E-state index is -0.123. The van der Waals surface area contributed by atoms with E-state index in [1.165, 1.54) is 0 Å². The maximum atomic E-state index is 12.7. The number of nitrogens with zero attached hydrogens (tertiary/aromatic N) is 2. The number of carbonyl (C=O) groups excluding carboxylic acids is 2. The van der Waals surface area contributed by atoms with Crippen molar-refractivity contribution < 1.29 is 9.59 Å². The Kier molecular flexibility index (Phi) is 6.12. The van der Waals surface area contributed by atoms with Crippen molar-refractivity contribution in [2.45, 2.75) is 64.3 Å². The third kappa shape index (κ3) is 4.72. The monoisotopic (exact) mass is 378 g/mol. The van der Waals surface area contributed by atoms with Gasteiger partial charge in [-0.2, -0.15) is 0 Å². The third-order valence-electron chi connectivity index (χ3n) is 5.35.